The molecule has 0 atom stereocenters. The number of hydrogen-bond acceptors (Lipinski definition) is 3. The van der Waals surface area contributed by atoms with Gasteiger partial charge in [-0.25, -0.2) is 0 Å². The average Bonchev–Trinajstić information content (AvgIpc) is 3.34. The third-order valence-electron chi connectivity index (χ3n) is 16.2. The second-order valence-corrected chi connectivity index (χ2v) is 21.6. The van der Waals surface area contributed by atoms with Crippen LogP contribution in [0.4, 0.5) is 51.2 Å². The van der Waals surface area contributed by atoms with E-state index in [2.05, 4.69) is 256 Å². The molecular weight excluding hydrogens is 798 g/mol. The summed E-state index contributed by atoms with van der Waals surface area (Å²) in [5.74, 6) is 0. The van der Waals surface area contributed by atoms with Gasteiger partial charge < -0.3 is 14.7 Å². The highest BCUT2D eigenvalue weighted by atomic mass is 15.2. The van der Waals surface area contributed by atoms with Crippen LogP contribution in [0.5, 0.6) is 0 Å². The Morgan fingerprint density at radius 2 is 0.697 bits per heavy atom. The number of anilines is 9. The van der Waals surface area contributed by atoms with Crippen LogP contribution in [-0.2, 0) is 21.7 Å². The fraction of sp³-hybridized carbons (Fsp3) is 0.323. The molecule has 0 amide bonds. The molecule has 0 saturated carbocycles. The Hall–Kier alpha value is -6.00. The van der Waals surface area contributed by atoms with Gasteiger partial charge in [0.05, 0.1) is 5.69 Å². The summed E-state index contributed by atoms with van der Waals surface area (Å²) in [6.07, 6.45) is 4.26. The second kappa shape index (κ2) is 17.0. The topological polar surface area (TPSA) is 9.72 Å². The van der Waals surface area contributed by atoms with E-state index in [4.69, 9.17) is 0 Å². The van der Waals surface area contributed by atoms with Crippen LogP contribution in [0.1, 0.15) is 131 Å². The first-order chi connectivity index (χ1) is 31.5. The Balaban J connectivity index is 1.42. The Labute approximate surface area is 397 Å². The first-order valence-electron chi connectivity index (χ1n) is 24.7. The molecule has 7 aromatic rings. The molecule has 2 heterocycles. The van der Waals surface area contributed by atoms with Crippen molar-refractivity contribution in [3.05, 3.63) is 180 Å². The largest absolute Gasteiger partial charge is 0.311 e. The zero-order valence-electron chi connectivity index (χ0n) is 41.8. The van der Waals surface area contributed by atoms with Gasteiger partial charge in [0.1, 0.15) is 0 Å². The number of benzene rings is 7. The summed E-state index contributed by atoms with van der Waals surface area (Å²) < 4.78 is 0. The molecule has 0 unspecified atom stereocenters. The standard InChI is InChI=1S/C62H70BN3/c1-13-59(5,6)43-27-33-49(34-28-43)65-54-37-31-45(61(9,10)15-3)39-52(54)63-53-40-46(62(11,12)16-4)32-38-55(53)66(50-35-29-44(30-36-50)60(7,8)14-2)57-42-51(41-56(65)58(57)63)64(47-23-19-17-20-24-47)48-25-21-18-22-26-48/h17-42H,13-16H2,1-12H3. The van der Waals surface area contributed by atoms with Crippen molar-refractivity contribution in [1.82, 2.24) is 0 Å². The van der Waals surface area contributed by atoms with Gasteiger partial charge in [-0.05, 0) is 159 Å². The summed E-state index contributed by atoms with van der Waals surface area (Å²) in [5.41, 5.74) is 20.3. The smallest absolute Gasteiger partial charge is 0.252 e. The van der Waals surface area contributed by atoms with Gasteiger partial charge in [-0.2, -0.15) is 0 Å². The molecular formula is C62H70BN3. The summed E-state index contributed by atoms with van der Waals surface area (Å²) in [5, 5.41) is 0. The molecule has 3 nitrogen and oxygen atoms in total. The van der Waals surface area contributed by atoms with E-state index < -0.39 is 0 Å². The SMILES string of the molecule is CCC(C)(C)c1ccc(N2c3ccc(C(C)(C)CC)cc3B3c4cc(C(C)(C)CC)ccc4N(c4ccc(C(C)(C)CC)cc4)c4cc(N(c5ccccc5)c5ccccc5)cc2c43)cc1. The van der Waals surface area contributed by atoms with Gasteiger partial charge in [-0.15, -0.1) is 0 Å². The average molecular weight is 868 g/mol. The molecule has 0 fully saturated rings. The normalized spacial score (nSPS) is 13.6. The Kier molecular flexibility index (Phi) is 11.6. The minimum Gasteiger partial charge on any atom is -0.311 e. The first kappa shape index (κ1) is 45.2. The molecule has 0 N–H and O–H groups in total. The van der Waals surface area contributed by atoms with Crippen LogP contribution in [0.25, 0.3) is 0 Å². The van der Waals surface area contributed by atoms with E-state index in [1.807, 2.05) is 0 Å². The number of rotatable bonds is 13. The number of fused-ring (bicyclic) bond motifs is 4. The van der Waals surface area contributed by atoms with Crippen LogP contribution in [0.2, 0.25) is 0 Å². The third kappa shape index (κ3) is 7.74. The summed E-state index contributed by atoms with van der Waals surface area (Å²) in [6.45, 7) is 28.3. The van der Waals surface area contributed by atoms with Gasteiger partial charge in [0.15, 0.2) is 0 Å². The van der Waals surface area contributed by atoms with Crippen molar-refractivity contribution in [3.8, 4) is 0 Å². The molecule has 0 bridgehead atoms. The van der Waals surface area contributed by atoms with E-state index in [1.165, 1.54) is 72.8 Å². The van der Waals surface area contributed by atoms with Crippen molar-refractivity contribution < 1.29 is 0 Å². The van der Waals surface area contributed by atoms with Crippen LogP contribution in [-0.4, -0.2) is 6.71 Å². The van der Waals surface area contributed by atoms with Gasteiger partial charge in [0, 0.05) is 45.5 Å². The Morgan fingerprint density at radius 1 is 0.364 bits per heavy atom. The molecule has 0 aliphatic carbocycles. The van der Waals surface area contributed by atoms with Crippen LogP contribution >= 0.6 is 0 Å². The number of hydrogen-bond donors (Lipinski definition) is 0. The quantitative estimate of drug-likeness (QED) is 0.107. The lowest BCUT2D eigenvalue weighted by molar-refractivity contribution is 0.506. The van der Waals surface area contributed by atoms with Crippen LogP contribution in [0, 0.1) is 0 Å². The number of para-hydroxylation sites is 2. The highest BCUT2D eigenvalue weighted by molar-refractivity contribution is 7.00. The first-order valence-corrected chi connectivity index (χ1v) is 24.7. The molecule has 2 aliphatic rings. The molecule has 336 valence electrons. The predicted octanol–water partition coefficient (Wildman–Crippen LogP) is 16.0. The lowest BCUT2D eigenvalue weighted by atomic mass is 9.33. The molecule has 66 heavy (non-hydrogen) atoms. The van der Waals surface area contributed by atoms with Gasteiger partial charge in [-0.3, -0.25) is 0 Å². The highest BCUT2D eigenvalue weighted by Crippen LogP contribution is 2.49. The molecule has 7 aromatic carbocycles. The monoisotopic (exact) mass is 868 g/mol. The van der Waals surface area contributed by atoms with Crippen molar-refractivity contribution in [2.24, 2.45) is 0 Å². The lowest BCUT2D eigenvalue weighted by Gasteiger charge is -2.46. The Morgan fingerprint density at radius 3 is 1.05 bits per heavy atom. The van der Waals surface area contributed by atoms with Crippen LogP contribution < -0.4 is 31.1 Å². The van der Waals surface area contributed by atoms with Crippen molar-refractivity contribution in [2.75, 3.05) is 14.7 Å². The minimum atomic E-state index is 0.000240. The summed E-state index contributed by atoms with van der Waals surface area (Å²) >= 11 is 0. The van der Waals surface area contributed by atoms with Crippen molar-refractivity contribution in [3.63, 3.8) is 0 Å². The fourth-order valence-corrected chi connectivity index (χ4v) is 10.1. The highest BCUT2D eigenvalue weighted by Gasteiger charge is 2.45. The predicted molar refractivity (Wildman–Crippen MR) is 288 cm³/mol. The van der Waals surface area contributed by atoms with Gasteiger partial charge in [0.25, 0.3) is 6.71 Å². The summed E-state index contributed by atoms with van der Waals surface area (Å²) in [4.78, 5) is 7.61. The maximum Gasteiger partial charge on any atom is 0.252 e. The second-order valence-electron chi connectivity index (χ2n) is 21.6. The van der Waals surface area contributed by atoms with Crippen LogP contribution in [0.15, 0.2) is 158 Å². The van der Waals surface area contributed by atoms with Crippen molar-refractivity contribution in [1.29, 1.82) is 0 Å². The van der Waals surface area contributed by atoms with Crippen molar-refractivity contribution >= 4 is 74.3 Å². The molecule has 0 spiro atoms. The molecule has 4 heteroatoms. The zero-order valence-corrected chi connectivity index (χ0v) is 41.8. The molecule has 0 radical (unpaired) electrons. The summed E-state index contributed by atoms with van der Waals surface area (Å²) in [7, 11) is 0. The molecule has 9 rings (SSSR count). The fourth-order valence-electron chi connectivity index (χ4n) is 10.1. The minimum absolute atomic E-state index is 0.000240. The molecule has 0 aromatic heterocycles. The lowest BCUT2D eigenvalue weighted by Crippen LogP contribution is -2.61. The summed E-state index contributed by atoms with van der Waals surface area (Å²) in [6, 6.07) is 60.5. The van der Waals surface area contributed by atoms with E-state index in [-0.39, 0.29) is 28.4 Å². The third-order valence-corrected chi connectivity index (χ3v) is 16.2. The van der Waals surface area contributed by atoms with Gasteiger partial charge >= 0.3 is 0 Å². The Bertz CT molecular complexity index is 2660. The maximum atomic E-state index is 2.59. The number of nitrogens with zero attached hydrogens (tertiary/aromatic N) is 3. The van der Waals surface area contributed by atoms with Crippen molar-refractivity contribution in [2.45, 2.75) is 130 Å². The zero-order chi connectivity index (χ0) is 46.8. The van der Waals surface area contributed by atoms with E-state index in [0.29, 0.717) is 0 Å². The van der Waals surface area contributed by atoms with E-state index >= 15 is 0 Å². The van der Waals surface area contributed by atoms with E-state index in [9.17, 15) is 0 Å². The van der Waals surface area contributed by atoms with Crippen LogP contribution in [0.3, 0.4) is 0 Å². The van der Waals surface area contributed by atoms with Gasteiger partial charge in [0.2, 0.25) is 0 Å². The van der Waals surface area contributed by atoms with E-state index in [1.54, 1.807) is 0 Å². The van der Waals surface area contributed by atoms with Gasteiger partial charge in [-0.1, -0.05) is 168 Å². The molecule has 2 aliphatic heterocycles. The molecule has 0 saturated heterocycles. The van der Waals surface area contributed by atoms with E-state index in [0.717, 1.165) is 42.7 Å². The maximum absolute atomic E-state index is 2.59.